The molecule has 2 aromatic rings. The zero-order valence-electron chi connectivity index (χ0n) is 13.6. The van der Waals surface area contributed by atoms with Crippen LogP contribution >= 0.6 is 11.8 Å². The highest BCUT2D eigenvalue weighted by Crippen LogP contribution is 2.21. The maximum absolute atomic E-state index is 12.0. The van der Waals surface area contributed by atoms with Crippen LogP contribution in [-0.4, -0.2) is 38.4 Å². The number of para-hydroxylation sites is 1. The van der Waals surface area contributed by atoms with Crippen molar-refractivity contribution < 1.29 is 19.1 Å². The molecule has 126 valence electrons. The minimum atomic E-state index is -0.425. The van der Waals surface area contributed by atoms with Gasteiger partial charge in [0.25, 0.3) is 5.91 Å². The van der Waals surface area contributed by atoms with E-state index in [9.17, 15) is 9.59 Å². The highest BCUT2D eigenvalue weighted by atomic mass is 32.2. The zero-order chi connectivity index (χ0) is 17.4. The number of ether oxygens (including phenoxy) is 2. The van der Waals surface area contributed by atoms with Crippen molar-refractivity contribution in [2.24, 2.45) is 0 Å². The third-order valence-corrected chi connectivity index (χ3v) is 4.28. The summed E-state index contributed by atoms with van der Waals surface area (Å²) in [6, 6.07) is 16.6. The summed E-state index contributed by atoms with van der Waals surface area (Å²) in [4.78, 5) is 26.2. The van der Waals surface area contributed by atoms with Gasteiger partial charge in [-0.15, -0.1) is 11.8 Å². The SMILES string of the molecule is COc1ccc(SCC(=O)OCC(=O)N(C)c2ccccc2)cc1. The molecule has 0 aliphatic heterocycles. The number of carbonyl (C=O) groups excluding carboxylic acids is 2. The van der Waals surface area contributed by atoms with Gasteiger partial charge in [0.15, 0.2) is 6.61 Å². The second-order valence-electron chi connectivity index (χ2n) is 4.91. The Hall–Kier alpha value is -2.47. The average molecular weight is 345 g/mol. The normalized spacial score (nSPS) is 10.1. The molecule has 2 aromatic carbocycles. The number of carbonyl (C=O) groups is 2. The van der Waals surface area contributed by atoms with E-state index in [-0.39, 0.29) is 18.3 Å². The van der Waals surface area contributed by atoms with Crippen LogP contribution in [0.15, 0.2) is 59.5 Å². The van der Waals surface area contributed by atoms with Crippen molar-refractivity contribution >= 4 is 29.3 Å². The van der Waals surface area contributed by atoms with Crippen molar-refractivity contribution in [2.75, 3.05) is 31.4 Å². The third kappa shape index (κ3) is 5.31. The Bertz CT molecular complexity index is 673. The molecule has 0 aliphatic rings. The number of rotatable bonds is 7. The highest BCUT2D eigenvalue weighted by molar-refractivity contribution is 8.00. The highest BCUT2D eigenvalue weighted by Gasteiger charge is 2.13. The fourth-order valence-corrected chi connectivity index (χ4v) is 2.59. The topological polar surface area (TPSA) is 55.8 Å². The summed E-state index contributed by atoms with van der Waals surface area (Å²) in [7, 11) is 3.25. The van der Waals surface area contributed by atoms with Crippen LogP contribution < -0.4 is 9.64 Å². The quantitative estimate of drug-likeness (QED) is 0.570. The van der Waals surface area contributed by atoms with Crippen LogP contribution in [0.5, 0.6) is 5.75 Å². The molecule has 2 rings (SSSR count). The lowest BCUT2D eigenvalue weighted by atomic mass is 10.3. The van der Waals surface area contributed by atoms with E-state index in [2.05, 4.69) is 0 Å². The molecule has 0 aliphatic carbocycles. The van der Waals surface area contributed by atoms with Crippen LogP contribution in [0.3, 0.4) is 0 Å². The number of methoxy groups -OCH3 is 1. The van der Waals surface area contributed by atoms with Crippen molar-refractivity contribution in [3.8, 4) is 5.75 Å². The molecule has 0 atom stereocenters. The van der Waals surface area contributed by atoms with Gasteiger partial charge in [-0.1, -0.05) is 18.2 Å². The maximum Gasteiger partial charge on any atom is 0.316 e. The summed E-state index contributed by atoms with van der Waals surface area (Å²) in [6.07, 6.45) is 0. The molecule has 5 nitrogen and oxygen atoms in total. The molecule has 0 radical (unpaired) electrons. The minimum absolute atomic E-state index is 0.147. The van der Waals surface area contributed by atoms with E-state index in [4.69, 9.17) is 9.47 Å². The Balaban J connectivity index is 1.75. The van der Waals surface area contributed by atoms with E-state index >= 15 is 0 Å². The second kappa shape index (κ2) is 8.98. The van der Waals surface area contributed by atoms with E-state index in [1.807, 2.05) is 54.6 Å². The van der Waals surface area contributed by atoms with Gasteiger partial charge in [0.2, 0.25) is 0 Å². The Morgan fingerprint density at radius 2 is 1.71 bits per heavy atom. The van der Waals surface area contributed by atoms with Crippen LogP contribution in [0.2, 0.25) is 0 Å². The lowest BCUT2D eigenvalue weighted by molar-refractivity contribution is -0.145. The molecule has 0 heterocycles. The molecular weight excluding hydrogens is 326 g/mol. The Labute approximate surface area is 145 Å². The fourth-order valence-electron chi connectivity index (χ4n) is 1.89. The summed E-state index contributed by atoms with van der Waals surface area (Å²) in [5.74, 6) is 0.209. The van der Waals surface area contributed by atoms with Gasteiger partial charge in [0.05, 0.1) is 12.9 Å². The maximum atomic E-state index is 12.0. The predicted octanol–water partition coefficient (Wildman–Crippen LogP) is 2.99. The molecule has 6 heteroatoms. The number of benzene rings is 2. The molecule has 1 amide bonds. The van der Waals surface area contributed by atoms with Crippen molar-refractivity contribution in [3.63, 3.8) is 0 Å². The van der Waals surface area contributed by atoms with Crippen molar-refractivity contribution in [2.45, 2.75) is 4.90 Å². The van der Waals surface area contributed by atoms with Crippen LogP contribution in [0.25, 0.3) is 0 Å². The molecular formula is C18H19NO4S. The number of nitrogens with zero attached hydrogens (tertiary/aromatic N) is 1. The number of amides is 1. The van der Waals surface area contributed by atoms with E-state index < -0.39 is 5.97 Å². The summed E-state index contributed by atoms with van der Waals surface area (Å²) < 4.78 is 10.1. The van der Waals surface area contributed by atoms with Crippen LogP contribution in [-0.2, 0) is 14.3 Å². The Morgan fingerprint density at radius 3 is 2.33 bits per heavy atom. The Kier molecular flexibility index (Phi) is 6.69. The van der Waals surface area contributed by atoms with Gasteiger partial charge in [-0.2, -0.15) is 0 Å². The summed E-state index contributed by atoms with van der Waals surface area (Å²) in [5.41, 5.74) is 0.756. The van der Waals surface area contributed by atoms with Crippen LogP contribution in [0, 0.1) is 0 Å². The summed E-state index contributed by atoms with van der Waals surface area (Å²) in [6.45, 7) is -0.270. The van der Waals surface area contributed by atoms with E-state index in [1.165, 1.54) is 16.7 Å². The van der Waals surface area contributed by atoms with Gasteiger partial charge in [-0.25, -0.2) is 0 Å². The van der Waals surface area contributed by atoms with Gasteiger partial charge in [-0.3, -0.25) is 9.59 Å². The van der Waals surface area contributed by atoms with Crippen LogP contribution in [0.1, 0.15) is 0 Å². The molecule has 0 fully saturated rings. The van der Waals surface area contributed by atoms with Crippen molar-refractivity contribution in [1.82, 2.24) is 0 Å². The lowest BCUT2D eigenvalue weighted by Crippen LogP contribution is -2.31. The largest absolute Gasteiger partial charge is 0.497 e. The first kappa shape index (κ1) is 17.9. The summed E-state index contributed by atoms with van der Waals surface area (Å²) in [5, 5.41) is 0. The number of thioether (sulfide) groups is 1. The third-order valence-electron chi connectivity index (χ3n) is 3.29. The van der Waals surface area contributed by atoms with E-state index in [0.29, 0.717) is 0 Å². The molecule has 0 N–H and O–H groups in total. The average Bonchev–Trinajstić information content (AvgIpc) is 2.64. The minimum Gasteiger partial charge on any atom is -0.497 e. The number of anilines is 1. The first-order valence-corrected chi connectivity index (χ1v) is 8.33. The molecule has 0 unspecified atom stereocenters. The first-order valence-electron chi connectivity index (χ1n) is 7.34. The van der Waals surface area contributed by atoms with Crippen molar-refractivity contribution in [1.29, 1.82) is 0 Å². The van der Waals surface area contributed by atoms with E-state index in [1.54, 1.807) is 14.2 Å². The number of likely N-dealkylation sites (N-methyl/N-ethyl adjacent to an activating group) is 1. The number of hydrogen-bond acceptors (Lipinski definition) is 5. The van der Waals surface area contributed by atoms with Gasteiger partial charge < -0.3 is 14.4 Å². The van der Waals surface area contributed by atoms with E-state index in [0.717, 1.165) is 16.3 Å². The number of esters is 1. The fraction of sp³-hybridized carbons (Fsp3) is 0.222. The first-order chi connectivity index (χ1) is 11.6. The van der Waals surface area contributed by atoms with Gasteiger partial charge in [0, 0.05) is 17.6 Å². The second-order valence-corrected chi connectivity index (χ2v) is 5.96. The molecule has 0 saturated heterocycles. The van der Waals surface area contributed by atoms with Gasteiger partial charge in [-0.05, 0) is 36.4 Å². The lowest BCUT2D eigenvalue weighted by Gasteiger charge is -2.17. The summed E-state index contributed by atoms with van der Waals surface area (Å²) >= 11 is 1.35. The molecule has 0 spiro atoms. The molecule has 0 saturated carbocycles. The van der Waals surface area contributed by atoms with Gasteiger partial charge in [0.1, 0.15) is 5.75 Å². The number of hydrogen-bond donors (Lipinski definition) is 0. The van der Waals surface area contributed by atoms with Crippen molar-refractivity contribution in [3.05, 3.63) is 54.6 Å². The molecule has 24 heavy (non-hydrogen) atoms. The standard InChI is InChI=1S/C18H19NO4S/c1-19(14-6-4-3-5-7-14)17(20)12-23-18(21)13-24-16-10-8-15(22-2)9-11-16/h3-11H,12-13H2,1-2H3. The predicted molar refractivity (Wildman–Crippen MR) is 94.5 cm³/mol. The smallest absolute Gasteiger partial charge is 0.316 e. The zero-order valence-corrected chi connectivity index (χ0v) is 14.4. The monoisotopic (exact) mass is 345 g/mol. The molecule has 0 bridgehead atoms. The van der Waals surface area contributed by atoms with Crippen LogP contribution in [0.4, 0.5) is 5.69 Å². The Morgan fingerprint density at radius 1 is 1.04 bits per heavy atom. The molecule has 0 aromatic heterocycles. The van der Waals surface area contributed by atoms with Gasteiger partial charge >= 0.3 is 5.97 Å².